The van der Waals surface area contributed by atoms with Gasteiger partial charge in [0.15, 0.2) is 11.5 Å². The minimum Gasteiger partial charge on any atom is -0.497 e. The van der Waals surface area contributed by atoms with E-state index >= 15 is 0 Å². The first-order valence-electron chi connectivity index (χ1n) is 9.93. The van der Waals surface area contributed by atoms with Crippen molar-refractivity contribution in [3.63, 3.8) is 0 Å². The number of benzene rings is 2. The van der Waals surface area contributed by atoms with E-state index in [0.717, 1.165) is 27.9 Å². The van der Waals surface area contributed by atoms with Gasteiger partial charge in [-0.15, -0.1) is 0 Å². The van der Waals surface area contributed by atoms with Gasteiger partial charge in [-0.1, -0.05) is 6.07 Å². The second-order valence-electron chi connectivity index (χ2n) is 7.62. The fraction of sp³-hybridized carbons (Fsp3) is 0.304. The first-order chi connectivity index (χ1) is 15.0. The molecule has 0 spiro atoms. The number of pyridine rings is 1. The molecule has 0 amide bonds. The highest BCUT2D eigenvalue weighted by molar-refractivity contribution is 6.01. The first-order valence-corrected chi connectivity index (χ1v) is 9.93. The number of carboxylic acid groups (broad SMARTS) is 1. The van der Waals surface area contributed by atoms with Gasteiger partial charge in [0.25, 0.3) is 0 Å². The molecule has 5 rings (SSSR count). The number of aryl methyl sites for hydroxylation is 1. The molecule has 1 atom stereocenters. The lowest BCUT2D eigenvalue weighted by molar-refractivity contribution is -0.138. The van der Waals surface area contributed by atoms with Crippen LogP contribution in [-0.4, -0.2) is 43.1 Å². The molecule has 3 aromatic rings. The van der Waals surface area contributed by atoms with Gasteiger partial charge in [0, 0.05) is 35.7 Å². The molecule has 2 aliphatic rings. The second-order valence-corrected chi connectivity index (χ2v) is 7.62. The highest BCUT2D eigenvalue weighted by Crippen LogP contribution is 2.44. The Morgan fingerprint density at radius 2 is 2.00 bits per heavy atom. The number of fused-ring (bicyclic) bond motifs is 4. The molecule has 1 N–H and O–H groups in total. The van der Waals surface area contributed by atoms with Crippen LogP contribution in [0.15, 0.2) is 30.3 Å². The minimum atomic E-state index is -0.876. The molecule has 0 fully saturated rings. The van der Waals surface area contributed by atoms with Gasteiger partial charge in [-0.25, -0.2) is 9.78 Å². The van der Waals surface area contributed by atoms with E-state index in [9.17, 15) is 9.90 Å². The smallest absolute Gasteiger partial charge is 0.326 e. The molecule has 160 valence electrons. The molecule has 0 aliphatic carbocycles. The third-order valence-electron chi connectivity index (χ3n) is 5.90. The molecule has 8 nitrogen and oxygen atoms in total. The Labute approximate surface area is 178 Å². The van der Waals surface area contributed by atoms with Crippen molar-refractivity contribution in [2.45, 2.75) is 25.9 Å². The van der Waals surface area contributed by atoms with Crippen LogP contribution in [0.3, 0.4) is 0 Å². The zero-order valence-electron chi connectivity index (χ0n) is 17.5. The van der Waals surface area contributed by atoms with Crippen molar-refractivity contribution < 1.29 is 28.8 Å². The number of nitrogens with zero attached hydrogens (tertiary/aromatic N) is 2. The van der Waals surface area contributed by atoms with Gasteiger partial charge in [-0.05, 0) is 30.7 Å². The fourth-order valence-corrected chi connectivity index (χ4v) is 4.40. The van der Waals surface area contributed by atoms with Crippen molar-refractivity contribution in [3.05, 3.63) is 47.2 Å². The van der Waals surface area contributed by atoms with Crippen LogP contribution in [0.2, 0.25) is 0 Å². The quantitative estimate of drug-likeness (QED) is 0.670. The Morgan fingerprint density at radius 3 is 2.74 bits per heavy atom. The summed E-state index contributed by atoms with van der Waals surface area (Å²) >= 11 is 0. The lowest BCUT2D eigenvalue weighted by atomic mass is 10.0. The summed E-state index contributed by atoms with van der Waals surface area (Å²) in [5.74, 6) is 1.70. The zero-order chi connectivity index (χ0) is 21.7. The third-order valence-corrected chi connectivity index (χ3v) is 5.90. The summed E-state index contributed by atoms with van der Waals surface area (Å²) in [4.78, 5) is 18.9. The number of carboxylic acids is 1. The monoisotopic (exact) mass is 422 g/mol. The highest BCUT2D eigenvalue weighted by atomic mass is 16.7. The molecule has 0 radical (unpaired) electrons. The van der Waals surface area contributed by atoms with Gasteiger partial charge in [0.05, 0.1) is 19.9 Å². The average molecular weight is 422 g/mol. The topological polar surface area (TPSA) is 90.4 Å². The van der Waals surface area contributed by atoms with E-state index in [1.54, 1.807) is 20.3 Å². The van der Waals surface area contributed by atoms with Crippen LogP contribution >= 0.6 is 0 Å². The number of ether oxygens (including phenoxy) is 4. The molecule has 2 aliphatic heterocycles. The number of methoxy groups -OCH3 is 2. The van der Waals surface area contributed by atoms with Crippen LogP contribution in [0.25, 0.3) is 10.9 Å². The molecule has 1 aromatic heterocycles. The summed E-state index contributed by atoms with van der Waals surface area (Å²) in [5.41, 5.74) is 4.19. The Balaban J connectivity index is 1.69. The number of hydrogen-bond donors (Lipinski definition) is 1. The summed E-state index contributed by atoms with van der Waals surface area (Å²) in [7, 11) is 3.18. The molecular weight excluding hydrogens is 400 g/mol. The van der Waals surface area contributed by atoms with Gasteiger partial charge in [0.2, 0.25) is 6.79 Å². The van der Waals surface area contributed by atoms with E-state index in [4.69, 9.17) is 23.9 Å². The molecular formula is C23H22N2O6. The van der Waals surface area contributed by atoms with E-state index < -0.39 is 12.0 Å². The van der Waals surface area contributed by atoms with E-state index in [2.05, 4.69) is 0 Å². The van der Waals surface area contributed by atoms with E-state index in [1.165, 1.54) is 0 Å². The maximum absolute atomic E-state index is 12.2. The SMILES string of the molecule is COc1cc(OC)c2nc(C)c3c(c2c1)N(Cc1ccc2c(c1)OCO2)C(C(=O)O)C3. The number of rotatable bonds is 5. The largest absolute Gasteiger partial charge is 0.497 e. The summed E-state index contributed by atoms with van der Waals surface area (Å²) in [6, 6.07) is 8.65. The normalized spacial score (nSPS) is 16.5. The predicted octanol–water partition coefficient (Wildman–Crippen LogP) is 3.31. The Hall–Kier alpha value is -3.68. The lowest BCUT2D eigenvalue weighted by Crippen LogP contribution is -2.38. The van der Waals surface area contributed by atoms with Gasteiger partial charge in [-0.2, -0.15) is 0 Å². The summed E-state index contributed by atoms with van der Waals surface area (Å²) in [6.07, 6.45) is 0.378. The third kappa shape index (κ3) is 3.06. The molecule has 1 unspecified atom stereocenters. The number of aliphatic carboxylic acids is 1. The van der Waals surface area contributed by atoms with E-state index in [0.29, 0.717) is 41.5 Å². The van der Waals surface area contributed by atoms with E-state index in [-0.39, 0.29) is 6.79 Å². The number of carbonyl (C=O) groups is 1. The molecule has 2 aromatic carbocycles. The molecule has 0 saturated carbocycles. The molecule has 0 saturated heterocycles. The van der Waals surface area contributed by atoms with Crippen molar-refractivity contribution >= 4 is 22.6 Å². The zero-order valence-corrected chi connectivity index (χ0v) is 17.5. The highest BCUT2D eigenvalue weighted by Gasteiger charge is 2.38. The predicted molar refractivity (Wildman–Crippen MR) is 113 cm³/mol. The van der Waals surface area contributed by atoms with Gasteiger partial charge in [0.1, 0.15) is 23.1 Å². The van der Waals surface area contributed by atoms with Crippen molar-refractivity contribution in [1.29, 1.82) is 0 Å². The van der Waals surface area contributed by atoms with Crippen LogP contribution in [0, 0.1) is 6.92 Å². The summed E-state index contributed by atoms with van der Waals surface area (Å²) < 4.78 is 21.9. The standard InChI is InChI=1S/C23H22N2O6/c1-12-15-9-17(23(26)27)25(10-13-4-5-18-19(6-13)31-11-30-18)22(15)16-7-14(28-2)8-20(29-3)21(16)24-12/h4-8,17H,9-11H2,1-3H3,(H,26,27). The molecule has 3 heterocycles. The van der Waals surface area contributed by atoms with Crippen LogP contribution in [0.4, 0.5) is 5.69 Å². The van der Waals surface area contributed by atoms with E-state index in [1.807, 2.05) is 36.1 Å². The maximum Gasteiger partial charge on any atom is 0.326 e. The Bertz CT molecular complexity index is 1210. The van der Waals surface area contributed by atoms with Gasteiger partial charge < -0.3 is 29.0 Å². The van der Waals surface area contributed by atoms with Crippen molar-refractivity contribution in [3.8, 4) is 23.0 Å². The Morgan fingerprint density at radius 1 is 1.19 bits per heavy atom. The lowest BCUT2D eigenvalue weighted by Gasteiger charge is -2.26. The van der Waals surface area contributed by atoms with Gasteiger partial charge >= 0.3 is 5.97 Å². The average Bonchev–Trinajstić information content (AvgIpc) is 3.38. The van der Waals surface area contributed by atoms with Crippen molar-refractivity contribution in [1.82, 2.24) is 4.98 Å². The van der Waals surface area contributed by atoms with Crippen molar-refractivity contribution in [2.24, 2.45) is 0 Å². The molecule has 0 bridgehead atoms. The Kier molecular flexibility index (Phi) is 4.50. The number of aromatic nitrogens is 1. The van der Waals surface area contributed by atoms with Crippen molar-refractivity contribution in [2.75, 3.05) is 25.9 Å². The molecule has 8 heteroatoms. The summed E-state index contributed by atoms with van der Waals surface area (Å²) in [5, 5.41) is 10.8. The van der Waals surface area contributed by atoms with Crippen LogP contribution in [0.5, 0.6) is 23.0 Å². The fourth-order valence-electron chi connectivity index (χ4n) is 4.40. The second kappa shape index (κ2) is 7.23. The van der Waals surface area contributed by atoms with Gasteiger partial charge in [-0.3, -0.25) is 0 Å². The van der Waals surface area contributed by atoms with Crippen LogP contribution < -0.4 is 23.8 Å². The number of hydrogen-bond acceptors (Lipinski definition) is 7. The van der Waals surface area contributed by atoms with Crippen LogP contribution in [0.1, 0.15) is 16.8 Å². The number of anilines is 1. The maximum atomic E-state index is 12.2. The first kappa shape index (κ1) is 19.3. The minimum absolute atomic E-state index is 0.193. The summed E-state index contributed by atoms with van der Waals surface area (Å²) in [6.45, 7) is 2.50. The molecule has 31 heavy (non-hydrogen) atoms. The van der Waals surface area contributed by atoms with Crippen LogP contribution in [-0.2, 0) is 17.8 Å².